The summed E-state index contributed by atoms with van der Waals surface area (Å²) >= 11 is 6.03. The van der Waals surface area contributed by atoms with Crippen LogP contribution in [0.25, 0.3) is 0 Å². The van der Waals surface area contributed by atoms with E-state index in [0.717, 1.165) is 5.56 Å². The van der Waals surface area contributed by atoms with Crippen LogP contribution in [-0.2, 0) is 0 Å². The molecule has 0 aliphatic rings. The summed E-state index contributed by atoms with van der Waals surface area (Å²) in [5.74, 6) is -0.771. The molecule has 5 nitrogen and oxygen atoms in total. The van der Waals surface area contributed by atoms with Gasteiger partial charge < -0.3 is 10.6 Å². The number of rotatable bonds is 5. The fourth-order valence-corrected chi connectivity index (χ4v) is 2.05. The summed E-state index contributed by atoms with van der Waals surface area (Å²) in [6, 6.07) is 9.93. The van der Waals surface area contributed by atoms with Crippen LogP contribution in [0.3, 0.4) is 0 Å². The Bertz CT molecular complexity index is 759. The zero-order chi connectivity index (χ0) is 16.8. The molecule has 1 aromatic heterocycles. The van der Waals surface area contributed by atoms with E-state index in [-0.39, 0.29) is 17.3 Å². The van der Waals surface area contributed by atoms with Gasteiger partial charge in [-0.25, -0.2) is 4.98 Å². The maximum absolute atomic E-state index is 12.3. The number of amides is 2. The average Bonchev–Trinajstić information content (AvgIpc) is 2.57. The van der Waals surface area contributed by atoms with E-state index < -0.39 is 5.91 Å². The first-order chi connectivity index (χ1) is 11.0. The van der Waals surface area contributed by atoms with E-state index in [1.807, 2.05) is 6.92 Å². The Morgan fingerprint density at radius 3 is 2.52 bits per heavy atom. The number of nitrogens with zero attached hydrogens (tertiary/aromatic N) is 1. The Kier molecular flexibility index (Phi) is 5.49. The van der Waals surface area contributed by atoms with Gasteiger partial charge in [-0.3, -0.25) is 9.59 Å². The van der Waals surface area contributed by atoms with Crippen molar-refractivity contribution in [3.8, 4) is 0 Å². The van der Waals surface area contributed by atoms with Crippen molar-refractivity contribution in [2.75, 3.05) is 11.9 Å². The van der Waals surface area contributed by atoms with Crippen LogP contribution in [0, 0.1) is 6.92 Å². The van der Waals surface area contributed by atoms with Crippen molar-refractivity contribution in [1.29, 1.82) is 0 Å². The number of hydrogen-bond acceptors (Lipinski definition) is 3. The lowest BCUT2D eigenvalue weighted by molar-refractivity contribution is 0.0953. The topological polar surface area (TPSA) is 71.1 Å². The minimum atomic E-state index is -0.409. The zero-order valence-corrected chi connectivity index (χ0v) is 13.4. The van der Waals surface area contributed by atoms with Crippen LogP contribution in [-0.4, -0.2) is 23.3 Å². The molecule has 0 radical (unpaired) electrons. The molecule has 23 heavy (non-hydrogen) atoms. The van der Waals surface area contributed by atoms with Crippen LogP contribution in [0.5, 0.6) is 0 Å². The first-order valence-corrected chi connectivity index (χ1v) is 7.33. The Balaban J connectivity index is 2.18. The fraction of sp³-hybridized carbons (Fsp3) is 0.118. The van der Waals surface area contributed by atoms with Gasteiger partial charge in [0.2, 0.25) is 0 Å². The lowest BCUT2D eigenvalue weighted by atomic mass is 10.2. The molecule has 6 heteroatoms. The van der Waals surface area contributed by atoms with Gasteiger partial charge in [-0.05, 0) is 36.8 Å². The molecule has 1 aromatic carbocycles. The van der Waals surface area contributed by atoms with E-state index in [4.69, 9.17) is 11.6 Å². The minimum absolute atomic E-state index is 0.149. The van der Waals surface area contributed by atoms with Crippen molar-refractivity contribution in [3.63, 3.8) is 0 Å². The lowest BCUT2D eigenvalue weighted by Gasteiger charge is -2.09. The second-order valence-electron chi connectivity index (χ2n) is 4.77. The van der Waals surface area contributed by atoms with Crippen molar-refractivity contribution < 1.29 is 9.59 Å². The van der Waals surface area contributed by atoms with Crippen LogP contribution in [0.4, 0.5) is 5.69 Å². The van der Waals surface area contributed by atoms with E-state index in [2.05, 4.69) is 22.2 Å². The van der Waals surface area contributed by atoms with Gasteiger partial charge in [0.1, 0.15) is 11.4 Å². The van der Waals surface area contributed by atoms with Crippen molar-refractivity contribution in [3.05, 3.63) is 71.0 Å². The highest BCUT2D eigenvalue weighted by atomic mass is 35.5. The molecule has 2 N–H and O–H groups in total. The van der Waals surface area contributed by atoms with Gasteiger partial charge in [0.15, 0.2) is 0 Å². The molecule has 0 aliphatic heterocycles. The van der Waals surface area contributed by atoms with E-state index in [9.17, 15) is 9.59 Å². The molecule has 0 saturated carbocycles. The number of nitrogens with one attached hydrogen (secondary N) is 2. The van der Waals surface area contributed by atoms with Crippen LogP contribution < -0.4 is 10.6 Å². The number of aromatic nitrogens is 1. The molecule has 2 aromatic rings. The molecule has 2 rings (SSSR count). The van der Waals surface area contributed by atoms with Gasteiger partial charge in [-0.2, -0.15) is 0 Å². The Morgan fingerprint density at radius 1 is 1.17 bits per heavy atom. The molecular formula is C17H16ClN3O2. The SMILES string of the molecule is C=CCNC(=O)c1cccc(C(=O)Nc2cccc(Cl)c2C)n1. The van der Waals surface area contributed by atoms with Gasteiger partial charge in [-0.15, -0.1) is 6.58 Å². The second kappa shape index (κ2) is 7.56. The monoisotopic (exact) mass is 329 g/mol. The predicted molar refractivity (Wildman–Crippen MR) is 90.9 cm³/mol. The third-order valence-corrected chi connectivity index (χ3v) is 3.55. The number of hydrogen-bond donors (Lipinski definition) is 2. The molecule has 0 bridgehead atoms. The van der Waals surface area contributed by atoms with Crippen molar-refractivity contribution >= 4 is 29.1 Å². The summed E-state index contributed by atoms with van der Waals surface area (Å²) in [7, 11) is 0. The number of anilines is 1. The summed E-state index contributed by atoms with van der Waals surface area (Å²) in [5.41, 5.74) is 1.69. The standard InChI is InChI=1S/C17H16ClN3O2/c1-3-10-19-16(22)14-8-5-9-15(20-14)17(23)21-13-7-4-6-12(18)11(13)2/h3-9H,1,10H2,2H3,(H,19,22)(H,21,23). The third-order valence-electron chi connectivity index (χ3n) is 3.14. The number of pyridine rings is 1. The highest BCUT2D eigenvalue weighted by Crippen LogP contribution is 2.23. The van der Waals surface area contributed by atoms with Gasteiger partial charge in [0, 0.05) is 17.3 Å². The molecule has 1 heterocycles. The largest absolute Gasteiger partial charge is 0.347 e. The zero-order valence-electron chi connectivity index (χ0n) is 12.6. The average molecular weight is 330 g/mol. The van der Waals surface area contributed by atoms with E-state index in [0.29, 0.717) is 17.3 Å². The summed E-state index contributed by atoms with van der Waals surface area (Å²) in [5, 5.41) is 5.92. The van der Waals surface area contributed by atoms with Crippen LogP contribution in [0.2, 0.25) is 5.02 Å². The minimum Gasteiger partial charge on any atom is -0.347 e. The third kappa shape index (κ3) is 4.17. The summed E-state index contributed by atoms with van der Waals surface area (Å²) in [6.07, 6.45) is 1.57. The second-order valence-corrected chi connectivity index (χ2v) is 5.18. The number of benzene rings is 1. The maximum atomic E-state index is 12.3. The molecule has 0 aliphatic carbocycles. The normalized spacial score (nSPS) is 10.0. The Labute approximate surface area is 139 Å². The first kappa shape index (κ1) is 16.7. The summed E-state index contributed by atoms with van der Waals surface area (Å²) < 4.78 is 0. The molecule has 0 atom stereocenters. The maximum Gasteiger partial charge on any atom is 0.274 e. The first-order valence-electron chi connectivity index (χ1n) is 6.95. The van der Waals surface area contributed by atoms with E-state index >= 15 is 0 Å². The molecule has 0 unspecified atom stereocenters. The van der Waals surface area contributed by atoms with Crippen LogP contribution in [0.1, 0.15) is 26.5 Å². The smallest absolute Gasteiger partial charge is 0.274 e. The highest BCUT2D eigenvalue weighted by molar-refractivity contribution is 6.31. The van der Waals surface area contributed by atoms with Crippen molar-refractivity contribution in [2.45, 2.75) is 6.92 Å². The molecule has 0 spiro atoms. The molecular weight excluding hydrogens is 314 g/mol. The summed E-state index contributed by atoms with van der Waals surface area (Å²) in [6.45, 7) is 5.67. The highest BCUT2D eigenvalue weighted by Gasteiger charge is 2.13. The summed E-state index contributed by atoms with van der Waals surface area (Å²) in [4.78, 5) is 28.2. The van der Waals surface area contributed by atoms with Gasteiger partial charge in [0.25, 0.3) is 11.8 Å². The molecule has 118 valence electrons. The number of carbonyl (C=O) groups is 2. The lowest BCUT2D eigenvalue weighted by Crippen LogP contribution is -2.25. The van der Waals surface area contributed by atoms with Gasteiger partial charge >= 0.3 is 0 Å². The number of carbonyl (C=O) groups excluding carboxylic acids is 2. The number of halogens is 1. The van der Waals surface area contributed by atoms with Gasteiger partial charge in [0.05, 0.1) is 0 Å². The van der Waals surface area contributed by atoms with Crippen LogP contribution in [0.15, 0.2) is 49.1 Å². The molecule has 2 amide bonds. The van der Waals surface area contributed by atoms with Crippen molar-refractivity contribution in [1.82, 2.24) is 10.3 Å². The Morgan fingerprint density at radius 2 is 1.83 bits per heavy atom. The van der Waals surface area contributed by atoms with E-state index in [1.165, 1.54) is 0 Å². The predicted octanol–water partition coefficient (Wildman–Crippen LogP) is 3.21. The quantitative estimate of drug-likeness (QED) is 0.827. The van der Waals surface area contributed by atoms with E-state index in [1.54, 1.807) is 42.5 Å². The Hall–Kier alpha value is -2.66. The molecule has 0 saturated heterocycles. The molecule has 0 fully saturated rings. The fourth-order valence-electron chi connectivity index (χ4n) is 1.87. The van der Waals surface area contributed by atoms with Crippen LogP contribution >= 0.6 is 11.6 Å². The van der Waals surface area contributed by atoms with Gasteiger partial charge in [-0.1, -0.05) is 29.8 Å². The van der Waals surface area contributed by atoms with Crippen molar-refractivity contribution in [2.24, 2.45) is 0 Å².